The summed E-state index contributed by atoms with van der Waals surface area (Å²) in [6.07, 6.45) is 0. The van der Waals surface area contributed by atoms with E-state index < -0.39 is 16.6 Å². The molecule has 0 aliphatic carbocycles. The zero-order valence-corrected chi connectivity index (χ0v) is 34.9. The Bertz CT molecular complexity index is 1050. The Morgan fingerprint density at radius 3 is 0.808 bits per heavy atom. The SMILES string of the molecule is CC(C)(C)[Si](OCCOCCOCCOCCOCCOCCOCCOCCOCCOCCO[Si](C)(C)C)(c1ccccc1)c1ccccc1. The van der Waals surface area contributed by atoms with Gasteiger partial charge in [-0.05, 0) is 35.1 Å². The molecule has 13 heteroatoms. The molecule has 0 saturated heterocycles. The molecule has 52 heavy (non-hydrogen) atoms. The molecule has 0 aromatic heterocycles. The summed E-state index contributed by atoms with van der Waals surface area (Å²) in [4.78, 5) is 0. The largest absolute Gasteiger partial charge is 0.415 e. The normalized spacial score (nSPS) is 12.5. The molecular formula is C39H68O11Si2. The predicted octanol–water partition coefficient (Wildman–Crippen LogP) is 4.56. The highest BCUT2D eigenvalue weighted by atomic mass is 28.4. The van der Waals surface area contributed by atoms with Crippen LogP contribution in [0.3, 0.4) is 0 Å². The van der Waals surface area contributed by atoms with Crippen LogP contribution >= 0.6 is 0 Å². The summed E-state index contributed by atoms with van der Waals surface area (Å²) in [7, 11) is -3.99. The molecule has 2 aromatic rings. The van der Waals surface area contributed by atoms with E-state index in [2.05, 4.69) is 101 Å². The molecule has 0 fully saturated rings. The fourth-order valence-corrected chi connectivity index (χ4v) is 10.5. The van der Waals surface area contributed by atoms with Crippen LogP contribution in [0.15, 0.2) is 60.7 Å². The molecule has 0 aliphatic rings. The Morgan fingerprint density at radius 1 is 0.346 bits per heavy atom. The zero-order valence-electron chi connectivity index (χ0n) is 32.9. The maximum atomic E-state index is 6.85. The molecule has 0 aliphatic heterocycles. The minimum atomic E-state index is -2.54. The van der Waals surface area contributed by atoms with Gasteiger partial charge in [-0.2, -0.15) is 0 Å². The van der Waals surface area contributed by atoms with Crippen molar-refractivity contribution in [2.45, 2.75) is 45.5 Å². The second-order valence-electron chi connectivity index (χ2n) is 14.0. The van der Waals surface area contributed by atoms with Crippen molar-refractivity contribution < 1.29 is 51.5 Å². The topological polar surface area (TPSA) is 102 Å². The Kier molecular flexibility index (Phi) is 25.8. The molecule has 2 aromatic carbocycles. The highest BCUT2D eigenvalue weighted by Gasteiger charge is 2.50. The zero-order chi connectivity index (χ0) is 37.6. The lowest BCUT2D eigenvalue weighted by molar-refractivity contribution is -0.0258. The summed E-state index contributed by atoms with van der Waals surface area (Å²) in [5.74, 6) is 0. The molecule has 0 saturated carbocycles. The van der Waals surface area contributed by atoms with Crippen molar-refractivity contribution in [1.29, 1.82) is 0 Å². The van der Waals surface area contributed by atoms with E-state index in [-0.39, 0.29) is 5.04 Å². The highest BCUT2D eigenvalue weighted by molar-refractivity contribution is 6.99. The Hall–Kier alpha value is -1.57. The average molecular weight is 769 g/mol. The van der Waals surface area contributed by atoms with Crippen molar-refractivity contribution in [3.63, 3.8) is 0 Å². The Balaban J connectivity index is 1.33. The van der Waals surface area contributed by atoms with Crippen molar-refractivity contribution in [2.75, 3.05) is 132 Å². The molecular weight excluding hydrogens is 701 g/mol. The quantitative estimate of drug-likeness (QED) is 0.0740. The molecule has 0 atom stereocenters. The summed E-state index contributed by atoms with van der Waals surface area (Å²) in [6.45, 7) is 24.0. The Labute approximate surface area is 316 Å². The third-order valence-corrected chi connectivity index (χ3v) is 13.8. The minimum absolute atomic E-state index is 0.0542. The first-order valence-electron chi connectivity index (χ1n) is 18.8. The van der Waals surface area contributed by atoms with Gasteiger partial charge in [0.1, 0.15) is 0 Å². The van der Waals surface area contributed by atoms with E-state index in [1.165, 1.54) is 10.4 Å². The lowest BCUT2D eigenvalue weighted by atomic mass is 10.2. The lowest BCUT2D eigenvalue weighted by Gasteiger charge is -2.43. The van der Waals surface area contributed by atoms with Crippen molar-refractivity contribution in [1.82, 2.24) is 0 Å². The molecule has 0 radical (unpaired) electrons. The fourth-order valence-electron chi connectivity index (χ4n) is 5.28. The number of hydrogen-bond donors (Lipinski definition) is 0. The van der Waals surface area contributed by atoms with Crippen LogP contribution in [0.4, 0.5) is 0 Å². The first kappa shape index (κ1) is 46.6. The van der Waals surface area contributed by atoms with Crippen LogP contribution in [0.1, 0.15) is 20.8 Å². The van der Waals surface area contributed by atoms with Gasteiger partial charge in [0.15, 0.2) is 8.32 Å². The maximum absolute atomic E-state index is 6.85. The van der Waals surface area contributed by atoms with Crippen LogP contribution in [0.5, 0.6) is 0 Å². The summed E-state index contributed by atoms with van der Waals surface area (Å²) < 4.78 is 62.7. The molecule has 11 nitrogen and oxygen atoms in total. The van der Waals surface area contributed by atoms with Gasteiger partial charge in [0.25, 0.3) is 8.32 Å². The van der Waals surface area contributed by atoms with Gasteiger partial charge in [-0.25, -0.2) is 0 Å². The minimum Gasteiger partial charge on any atom is -0.415 e. The van der Waals surface area contributed by atoms with E-state index in [1.807, 2.05) is 0 Å². The van der Waals surface area contributed by atoms with Crippen molar-refractivity contribution in [2.24, 2.45) is 0 Å². The Morgan fingerprint density at radius 2 is 0.577 bits per heavy atom. The van der Waals surface area contributed by atoms with Crippen LogP contribution in [-0.2, 0) is 51.5 Å². The molecule has 0 N–H and O–H groups in total. The number of rotatable bonds is 34. The van der Waals surface area contributed by atoms with Gasteiger partial charge in [-0.1, -0.05) is 81.4 Å². The molecule has 2 rings (SSSR count). The van der Waals surface area contributed by atoms with E-state index in [1.54, 1.807) is 0 Å². The lowest BCUT2D eigenvalue weighted by Crippen LogP contribution is -2.66. The fraction of sp³-hybridized carbons (Fsp3) is 0.692. The summed E-state index contributed by atoms with van der Waals surface area (Å²) in [5.41, 5.74) is 0. The molecule has 0 bridgehead atoms. The number of benzene rings is 2. The van der Waals surface area contributed by atoms with Gasteiger partial charge >= 0.3 is 0 Å². The van der Waals surface area contributed by atoms with Gasteiger partial charge in [0, 0.05) is 0 Å². The van der Waals surface area contributed by atoms with Crippen LogP contribution in [0.25, 0.3) is 0 Å². The van der Waals surface area contributed by atoms with Gasteiger partial charge in [-0.3, -0.25) is 0 Å². The highest BCUT2D eigenvalue weighted by Crippen LogP contribution is 2.36. The first-order valence-corrected chi connectivity index (χ1v) is 24.1. The summed E-state index contributed by atoms with van der Waals surface area (Å²) in [5, 5.41) is 2.48. The second-order valence-corrected chi connectivity index (χ2v) is 22.8. The second kappa shape index (κ2) is 28.8. The monoisotopic (exact) mass is 768 g/mol. The van der Waals surface area contributed by atoms with Crippen molar-refractivity contribution in [3.8, 4) is 0 Å². The molecule has 0 amide bonds. The standard InChI is InChI=1S/C39H68O11Si2/c1-39(2,3)52(37-13-9-7-10-14-37,38-15-11-8-12-16-38)50-36-34-48-32-30-46-28-26-44-24-22-42-20-18-40-17-19-41-21-23-43-25-27-45-29-31-47-33-35-49-51(4,5)6/h7-16H,17-36H2,1-6H3. The summed E-state index contributed by atoms with van der Waals surface area (Å²) >= 11 is 0. The molecule has 0 spiro atoms. The van der Waals surface area contributed by atoms with Crippen LogP contribution in [0, 0.1) is 0 Å². The van der Waals surface area contributed by atoms with Gasteiger partial charge in [0.2, 0.25) is 0 Å². The maximum Gasteiger partial charge on any atom is 0.261 e. The van der Waals surface area contributed by atoms with Gasteiger partial charge < -0.3 is 51.5 Å². The van der Waals surface area contributed by atoms with Crippen LogP contribution in [0.2, 0.25) is 24.7 Å². The predicted molar refractivity (Wildman–Crippen MR) is 210 cm³/mol. The third kappa shape index (κ3) is 21.4. The van der Waals surface area contributed by atoms with Crippen LogP contribution in [-0.4, -0.2) is 149 Å². The molecule has 0 unspecified atom stereocenters. The van der Waals surface area contributed by atoms with Crippen molar-refractivity contribution in [3.05, 3.63) is 60.7 Å². The molecule has 298 valence electrons. The van der Waals surface area contributed by atoms with Gasteiger partial charge in [0.05, 0.1) is 132 Å². The third-order valence-electron chi connectivity index (χ3n) is 7.70. The van der Waals surface area contributed by atoms with Gasteiger partial charge in [-0.15, -0.1) is 0 Å². The number of ether oxygens (including phenoxy) is 9. The number of hydrogen-bond acceptors (Lipinski definition) is 11. The van der Waals surface area contributed by atoms with E-state index in [4.69, 9.17) is 51.5 Å². The van der Waals surface area contributed by atoms with Crippen LogP contribution < -0.4 is 10.4 Å². The van der Waals surface area contributed by atoms with Crippen molar-refractivity contribution >= 4 is 27.0 Å². The van der Waals surface area contributed by atoms with E-state index in [9.17, 15) is 0 Å². The van der Waals surface area contributed by atoms with E-state index in [0.29, 0.717) is 132 Å². The first-order chi connectivity index (χ1) is 25.2. The van der Waals surface area contributed by atoms with E-state index in [0.717, 1.165) is 0 Å². The average Bonchev–Trinajstić information content (AvgIpc) is 3.12. The van der Waals surface area contributed by atoms with E-state index >= 15 is 0 Å². The molecule has 0 heterocycles. The summed E-state index contributed by atoms with van der Waals surface area (Å²) in [6, 6.07) is 21.3. The smallest absolute Gasteiger partial charge is 0.261 e.